The molecule has 2 atom stereocenters. The molecular formula is C26H36N2O3. The summed E-state index contributed by atoms with van der Waals surface area (Å²) < 4.78 is 5.86. The molecule has 168 valence electrons. The Bertz CT molecular complexity index is 894. The van der Waals surface area contributed by atoms with Crippen LogP contribution >= 0.6 is 0 Å². The van der Waals surface area contributed by atoms with Gasteiger partial charge in [-0.2, -0.15) is 0 Å². The van der Waals surface area contributed by atoms with E-state index in [1.54, 1.807) is 4.90 Å². The van der Waals surface area contributed by atoms with Crippen molar-refractivity contribution in [2.45, 2.75) is 73.0 Å². The first-order chi connectivity index (χ1) is 14.8. The lowest BCUT2D eigenvalue weighted by atomic mass is 10.1. The van der Waals surface area contributed by atoms with Gasteiger partial charge >= 0.3 is 0 Å². The van der Waals surface area contributed by atoms with E-state index in [1.807, 2.05) is 84.0 Å². The van der Waals surface area contributed by atoms with Crippen LogP contribution in [-0.4, -0.2) is 35.4 Å². The Labute approximate surface area is 186 Å². The SMILES string of the molecule is CCC(C)NC(=O)C(CC)N(Cc1ccccc1C)C(=O)COc1ccc(C)cc1C. The number of nitrogens with one attached hydrogen (secondary N) is 1. The Morgan fingerprint density at radius 2 is 1.71 bits per heavy atom. The molecule has 0 spiro atoms. The molecule has 0 fully saturated rings. The smallest absolute Gasteiger partial charge is 0.261 e. The number of ether oxygens (including phenoxy) is 1. The minimum absolute atomic E-state index is 0.0587. The van der Waals surface area contributed by atoms with E-state index in [4.69, 9.17) is 4.74 Å². The molecule has 0 radical (unpaired) electrons. The van der Waals surface area contributed by atoms with E-state index in [-0.39, 0.29) is 24.5 Å². The predicted molar refractivity (Wildman–Crippen MR) is 125 cm³/mol. The molecule has 5 nitrogen and oxygen atoms in total. The van der Waals surface area contributed by atoms with E-state index in [2.05, 4.69) is 5.32 Å². The zero-order valence-corrected chi connectivity index (χ0v) is 19.7. The van der Waals surface area contributed by atoms with Gasteiger partial charge in [0.15, 0.2) is 6.61 Å². The topological polar surface area (TPSA) is 58.6 Å². The Morgan fingerprint density at radius 3 is 2.32 bits per heavy atom. The quantitative estimate of drug-likeness (QED) is 0.601. The van der Waals surface area contributed by atoms with Crippen LogP contribution in [0.5, 0.6) is 5.75 Å². The van der Waals surface area contributed by atoms with Crippen LogP contribution in [0.1, 0.15) is 55.9 Å². The summed E-state index contributed by atoms with van der Waals surface area (Å²) in [6.07, 6.45) is 1.37. The zero-order chi connectivity index (χ0) is 23.0. The van der Waals surface area contributed by atoms with Crippen LogP contribution in [0.25, 0.3) is 0 Å². The molecular weight excluding hydrogens is 388 g/mol. The highest BCUT2D eigenvalue weighted by Gasteiger charge is 2.29. The van der Waals surface area contributed by atoms with Crippen LogP contribution in [0.15, 0.2) is 42.5 Å². The highest BCUT2D eigenvalue weighted by Crippen LogP contribution is 2.20. The standard InChI is InChI=1S/C26H36N2O3/c1-7-21(6)27-26(30)23(8-2)28(16-22-12-10-9-11-19(22)4)25(29)17-31-24-14-13-18(3)15-20(24)5/h9-15,21,23H,7-8,16-17H2,1-6H3,(H,27,30). The molecule has 0 aromatic heterocycles. The molecule has 2 aromatic rings. The highest BCUT2D eigenvalue weighted by atomic mass is 16.5. The van der Waals surface area contributed by atoms with E-state index in [9.17, 15) is 9.59 Å². The number of amides is 2. The largest absolute Gasteiger partial charge is 0.483 e. The minimum atomic E-state index is -0.552. The van der Waals surface area contributed by atoms with Crippen molar-refractivity contribution in [3.63, 3.8) is 0 Å². The van der Waals surface area contributed by atoms with Crippen LogP contribution in [-0.2, 0) is 16.1 Å². The second-order valence-electron chi connectivity index (χ2n) is 8.25. The van der Waals surface area contributed by atoms with Crippen molar-refractivity contribution in [2.75, 3.05) is 6.61 Å². The molecule has 2 amide bonds. The number of carbonyl (C=O) groups is 2. The first kappa shape index (κ1) is 24.4. The summed E-state index contributed by atoms with van der Waals surface area (Å²) in [7, 11) is 0. The Morgan fingerprint density at radius 1 is 1.00 bits per heavy atom. The summed E-state index contributed by atoms with van der Waals surface area (Å²) in [5.74, 6) is 0.367. The van der Waals surface area contributed by atoms with Gasteiger partial charge in [0.25, 0.3) is 5.91 Å². The van der Waals surface area contributed by atoms with Crippen molar-refractivity contribution >= 4 is 11.8 Å². The summed E-state index contributed by atoms with van der Waals surface area (Å²) in [5, 5.41) is 3.03. The fourth-order valence-electron chi connectivity index (χ4n) is 3.52. The van der Waals surface area contributed by atoms with Gasteiger partial charge in [-0.25, -0.2) is 0 Å². The van der Waals surface area contributed by atoms with E-state index in [1.165, 1.54) is 0 Å². The number of benzene rings is 2. The maximum Gasteiger partial charge on any atom is 0.261 e. The number of aryl methyl sites for hydroxylation is 3. The third-order valence-electron chi connectivity index (χ3n) is 5.67. The maximum atomic E-state index is 13.3. The third-order valence-corrected chi connectivity index (χ3v) is 5.67. The van der Waals surface area contributed by atoms with Gasteiger partial charge in [-0.05, 0) is 63.3 Å². The van der Waals surface area contributed by atoms with Crippen molar-refractivity contribution < 1.29 is 14.3 Å². The lowest BCUT2D eigenvalue weighted by Crippen LogP contribution is -2.51. The first-order valence-corrected chi connectivity index (χ1v) is 11.1. The van der Waals surface area contributed by atoms with Crippen molar-refractivity contribution in [3.8, 4) is 5.75 Å². The minimum Gasteiger partial charge on any atom is -0.483 e. The van der Waals surface area contributed by atoms with E-state index < -0.39 is 6.04 Å². The maximum absolute atomic E-state index is 13.3. The molecule has 0 aliphatic rings. The van der Waals surface area contributed by atoms with Gasteiger partial charge in [0.05, 0.1) is 0 Å². The third kappa shape index (κ3) is 6.84. The first-order valence-electron chi connectivity index (χ1n) is 11.1. The predicted octanol–water partition coefficient (Wildman–Crippen LogP) is 4.71. The lowest BCUT2D eigenvalue weighted by molar-refractivity contribution is -0.143. The van der Waals surface area contributed by atoms with Gasteiger partial charge in [0.1, 0.15) is 11.8 Å². The number of nitrogens with zero attached hydrogens (tertiary/aromatic N) is 1. The molecule has 2 aromatic carbocycles. The van der Waals surface area contributed by atoms with Crippen LogP contribution in [0.3, 0.4) is 0 Å². The van der Waals surface area contributed by atoms with Crippen molar-refractivity contribution in [1.29, 1.82) is 0 Å². The summed E-state index contributed by atoms with van der Waals surface area (Å²) in [5.41, 5.74) is 4.25. The molecule has 0 aliphatic carbocycles. The van der Waals surface area contributed by atoms with Crippen LogP contribution < -0.4 is 10.1 Å². The molecule has 2 unspecified atom stereocenters. The second kappa shape index (κ2) is 11.5. The van der Waals surface area contributed by atoms with Crippen LogP contribution in [0, 0.1) is 20.8 Å². The van der Waals surface area contributed by atoms with Crippen molar-refractivity contribution in [3.05, 3.63) is 64.7 Å². The van der Waals surface area contributed by atoms with E-state index >= 15 is 0 Å². The summed E-state index contributed by atoms with van der Waals surface area (Å²) >= 11 is 0. The molecule has 5 heteroatoms. The molecule has 0 saturated heterocycles. The van der Waals surface area contributed by atoms with Gasteiger partial charge < -0.3 is 15.0 Å². The zero-order valence-electron chi connectivity index (χ0n) is 19.7. The van der Waals surface area contributed by atoms with Crippen LogP contribution in [0.2, 0.25) is 0 Å². The molecule has 0 saturated carbocycles. The monoisotopic (exact) mass is 424 g/mol. The number of hydrogen-bond donors (Lipinski definition) is 1. The molecule has 0 heterocycles. The van der Waals surface area contributed by atoms with Crippen molar-refractivity contribution in [2.24, 2.45) is 0 Å². The fraction of sp³-hybridized carbons (Fsp3) is 0.462. The summed E-state index contributed by atoms with van der Waals surface area (Å²) in [4.78, 5) is 27.9. The molecule has 0 aliphatic heterocycles. The lowest BCUT2D eigenvalue weighted by Gasteiger charge is -2.32. The van der Waals surface area contributed by atoms with Gasteiger partial charge in [0, 0.05) is 12.6 Å². The number of carbonyl (C=O) groups excluding carboxylic acids is 2. The number of hydrogen-bond acceptors (Lipinski definition) is 3. The molecule has 0 bridgehead atoms. The van der Waals surface area contributed by atoms with Gasteiger partial charge in [-0.1, -0.05) is 55.8 Å². The van der Waals surface area contributed by atoms with Gasteiger partial charge in [0.2, 0.25) is 5.91 Å². The average molecular weight is 425 g/mol. The van der Waals surface area contributed by atoms with E-state index in [0.717, 1.165) is 28.7 Å². The molecule has 31 heavy (non-hydrogen) atoms. The summed E-state index contributed by atoms with van der Waals surface area (Å²) in [6, 6.07) is 13.3. The van der Waals surface area contributed by atoms with Gasteiger partial charge in [-0.3, -0.25) is 9.59 Å². The van der Waals surface area contributed by atoms with Crippen LogP contribution in [0.4, 0.5) is 0 Å². The van der Waals surface area contributed by atoms with E-state index in [0.29, 0.717) is 18.7 Å². The Hall–Kier alpha value is -2.82. The normalized spacial score (nSPS) is 12.7. The number of rotatable bonds is 10. The van der Waals surface area contributed by atoms with Gasteiger partial charge in [-0.15, -0.1) is 0 Å². The molecule has 1 N–H and O–H groups in total. The summed E-state index contributed by atoms with van der Waals surface area (Å²) in [6.45, 7) is 12.2. The Kier molecular flexibility index (Phi) is 9.10. The fourth-order valence-corrected chi connectivity index (χ4v) is 3.52. The average Bonchev–Trinajstić information content (AvgIpc) is 2.74. The second-order valence-corrected chi connectivity index (χ2v) is 8.25. The highest BCUT2D eigenvalue weighted by molar-refractivity contribution is 5.88. The van der Waals surface area contributed by atoms with Crippen molar-refractivity contribution in [1.82, 2.24) is 10.2 Å². The molecule has 2 rings (SSSR count). The Balaban J connectivity index is 2.25.